The van der Waals surface area contributed by atoms with Crippen LogP contribution in [-0.2, 0) is 29.8 Å². The van der Waals surface area contributed by atoms with Crippen molar-refractivity contribution in [3.63, 3.8) is 0 Å². The normalized spacial score (nSPS) is 14.2. The number of amides is 1. The summed E-state index contributed by atoms with van der Waals surface area (Å²) in [6, 6.07) is 26.9. The molecule has 0 heterocycles. The number of ether oxygens (including phenoxy) is 1. The first-order valence-corrected chi connectivity index (χ1v) is 15.9. The van der Waals surface area contributed by atoms with Gasteiger partial charge in [0.15, 0.2) is 0 Å². The van der Waals surface area contributed by atoms with Gasteiger partial charge in [-0.25, -0.2) is 4.79 Å². The second kappa shape index (κ2) is 15.0. The van der Waals surface area contributed by atoms with Gasteiger partial charge in [0.25, 0.3) is 0 Å². The molecule has 0 aliphatic carbocycles. The molecule has 1 amide bonds. The van der Waals surface area contributed by atoms with Crippen LogP contribution in [0.5, 0.6) is 0 Å². The monoisotopic (exact) mass is 563 g/mol. The highest BCUT2D eigenvalue weighted by atomic mass is 31.2. The van der Waals surface area contributed by atoms with Crippen molar-refractivity contribution < 1.29 is 23.4 Å². The number of benzene rings is 3. The molecular formula is C33H42NO5P. The standard InChI is InChI=1S/C33H42NO5P/c1-25(2)31(24-40(37,39-5)23-13-12-16-27-14-8-6-9-15-27)32(35)34(26(3)33(36)38-4)30-21-19-29(20-22-30)28-17-10-7-11-18-28/h6-11,14-15,17-22,25-26,31H,12-13,16,23-24H2,1-5H3/t26-,31?,40?/m0/s1. The van der Waals surface area contributed by atoms with Gasteiger partial charge >= 0.3 is 5.97 Å². The predicted molar refractivity (Wildman–Crippen MR) is 163 cm³/mol. The van der Waals surface area contributed by atoms with Crippen LogP contribution in [0.4, 0.5) is 5.69 Å². The summed E-state index contributed by atoms with van der Waals surface area (Å²) in [6.45, 7) is 5.54. The number of anilines is 1. The summed E-state index contributed by atoms with van der Waals surface area (Å²) >= 11 is 0. The minimum Gasteiger partial charge on any atom is -0.467 e. The Balaban J connectivity index is 1.81. The van der Waals surface area contributed by atoms with E-state index in [1.54, 1.807) is 6.92 Å². The van der Waals surface area contributed by atoms with Gasteiger partial charge in [0.2, 0.25) is 13.3 Å². The highest BCUT2D eigenvalue weighted by molar-refractivity contribution is 7.59. The fourth-order valence-electron chi connectivity index (χ4n) is 4.90. The number of unbranched alkanes of at least 4 members (excludes halogenated alkanes) is 1. The Morgan fingerprint density at radius 2 is 1.38 bits per heavy atom. The first-order chi connectivity index (χ1) is 19.2. The molecule has 0 aliphatic rings. The quantitative estimate of drug-likeness (QED) is 0.116. The van der Waals surface area contributed by atoms with E-state index in [0.29, 0.717) is 11.8 Å². The molecule has 3 aromatic rings. The average molecular weight is 564 g/mol. The highest BCUT2D eigenvalue weighted by Gasteiger charge is 2.38. The van der Waals surface area contributed by atoms with Gasteiger partial charge in [0, 0.05) is 31.0 Å². The van der Waals surface area contributed by atoms with E-state index < -0.39 is 25.3 Å². The Bertz CT molecular complexity index is 1260. The third-order valence-electron chi connectivity index (χ3n) is 7.41. The van der Waals surface area contributed by atoms with E-state index in [4.69, 9.17) is 9.26 Å². The summed E-state index contributed by atoms with van der Waals surface area (Å²) in [5, 5.41) is 0. The topological polar surface area (TPSA) is 72.9 Å². The van der Waals surface area contributed by atoms with E-state index in [0.717, 1.165) is 30.4 Å². The van der Waals surface area contributed by atoms with Crippen LogP contribution >= 0.6 is 7.37 Å². The van der Waals surface area contributed by atoms with Crippen LogP contribution in [-0.4, -0.2) is 44.5 Å². The van der Waals surface area contributed by atoms with E-state index in [1.807, 2.05) is 86.6 Å². The smallest absolute Gasteiger partial charge is 0.328 e. The molecule has 3 atom stereocenters. The lowest BCUT2D eigenvalue weighted by molar-refractivity contribution is -0.143. The van der Waals surface area contributed by atoms with Crippen LogP contribution in [0.3, 0.4) is 0 Å². The fraction of sp³-hybridized carbons (Fsp3) is 0.394. The number of hydrogen-bond acceptors (Lipinski definition) is 5. The molecule has 0 spiro atoms. The minimum atomic E-state index is -3.09. The molecule has 40 heavy (non-hydrogen) atoms. The van der Waals surface area contributed by atoms with Crippen LogP contribution in [0.1, 0.15) is 39.2 Å². The molecule has 0 saturated heterocycles. The van der Waals surface area contributed by atoms with Crippen molar-refractivity contribution in [1.82, 2.24) is 0 Å². The number of esters is 1. The molecular weight excluding hydrogens is 521 g/mol. The van der Waals surface area contributed by atoms with Crippen LogP contribution in [0.2, 0.25) is 0 Å². The zero-order chi connectivity index (χ0) is 29.1. The van der Waals surface area contributed by atoms with Crippen molar-refractivity contribution in [2.75, 3.05) is 31.4 Å². The second-order valence-corrected chi connectivity index (χ2v) is 13.3. The Hall–Kier alpha value is -3.21. The predicted octanol–water partition coefficient (Wildman–Crippen LogP) is 7.47. The molecule has 0 fully saturated rings. The molecule has 0 bridgehead atoms. The van der Waals surface area contributed by atoms with Gasteiger partial charge in [-0.1, -0.05) is 86.6 Å². The molecule has 3 aromatic carbocycles. The zero-order valence-electron chi connectivity index (χ0n) is 24.3. The van der Waals surface area contributed by atoms with Crippen LogP contribution in [0, 0.1) is 11.8 Å². The average Bonchev–Trinajstić information content (AvgIpc) is 2.99. The van der Waals surface area contributed by atoms with Crippen molar-refractivity contribution in [2.45, 2.75) is 46.1 Å². The first-order valence-electron chi connectivity index (χ1n) is 13.9. The number of aryl methyl sites for hydroxylation is 1. The number of nitrogens with zero attached hydrogens (tertiary/aromatic N) is 1. The molecule has 2 unspecified atom stereocenters. The van der Waals surface area contributed by atoms with Crippen LogP contribution < -0.4 is 4.90 Å². The van der Waals surface area contributed by atoms with Crippen LogP contribution in [0.25, 0.3) is 11.1 Å². The van der Waals surface area contributed by atoms with E-state index in [2.05, 4.69) is 12.1 Å². The van der Waals surface area contributed by atoms with Gasteiger partial charge in [-0.05, 0) is 60.9 Å². The largest absolute Gasteiger partial charge is 0.467 e. The maximum Gasteiger partial charge on any atom is 0.328 e. The molecule has 0 N–H and O–H groups in total. The third-order valence-corrected chi connectivity index (χ3v) is 10.0. The minimum absolute atomic E-state index is 0.115. The summed E-state index contributed by atoms with van der Waals surface area (Å²) in [5.74, 6) is -1.49. The van der Waals surface area contributed by atoms with E-state index in [9.17, 15) is 14.2 Å². The van der Waals surface area contributed by atoms with Crippen molar-refractivity contribution in [2.24, 2.45) is 11.8 Å². The number of methoxy groups -OCH3 is 1. The molecule has 7 heteroatoms. The lowest BCUT2D eigenvalue weighted by Crippen LogP contribution is -2.48. The molecule has 0 aromatic heterocycles. The Morgan fingerprint density at radius 3 is 1.93 bits per heavy atom. The van der Waals surface area contributed by atoms with Gasteiger partial charge in [-0.15, -0.1) is 0 Å². The third kappa shape index (κ3) is 8.39. The molecule has 3 rings (SSSR count). The van der Waals surface area contributed by atoms with Crippen molar-refractivity contribution in [1.29, 1.82) is 0 Å². The highest BCUT2D eigenvalue weighted by Crippen LogP contribution is 2.50. The molecule has 0 saturated carbocycles. The van der Waals surface area contributed by atoms with Crippen molar-refractivity contribution >= 4 is 24.9 Å². The van der Waals surface area contributed by atoms with Gasteiger partial charge in [0.05, 0.1) is 7.11 Å². The maximum absolute atomic E-state index is 14.2. The van der Waals surface area contributed by atoms with Crippen LogP contribution in [0.15, 0.2) is 84.9 Å². The van der Waals surface area contributed by atoms with Gasteiger partial charge in [0.1, 0.15) is 6.04 Å². The lowest BCUT2D eigenvalue weighted by Gasteiger charge is -2.34. The number of rotatable bonds is 14. The number of carbonyl (C=O) groups excluding carboxylic acids is 2. The summed E-state index contributed by atoms with van der Waals surface area (Å²) in [4.78, 5) is 28.3. The fourth-order valence-corrected chi connectivity index (χ4v) is 7.30. The Morgan fingerprint density at radius 1 is 0.800 bits per heavy atom. The summed E-state index contributed by atoms with van der Waals surface area (Å²) in [7, 11) is -0.306. The molecule has 6 nitrogen and oxygen atoms in total. The second-order valence-electron chi connectivity index (χ2n) is 10.5. The maximum atomic E-state index is 14.2. The van der Waals surface area contributed by atoms with E-state index in [1.165, 1.54) is 24.7 Å². The van der Waals surface area contributed by atoms with Crippen molar-refractivity contribution in [3.8, 4) is 11.1 Å². The van der Waals surface area contributed by atoms with E-state index in [-0.39, 0.29) is 18.0 Å². The summed E-state index contributed by atoms with van der Waals surface area (Å²) < 4.78 is 24.5. The van der Waals surface area contributed by atoms with Gasteiger partial charge in [-0.2, -0.15) is 0 Å². The molecule has 0 aliphatic heterocycles. The summed E-state index contributed by atoms with van der Waals surface area (Å²) in [5.41, 5.74) is 3.89. The van der Waals surface area contributed by atoms with Crippen molar-refractivity contribution in [3.05, 3.63) is 90.5 Å². The molecule has 214 valence electrons. The lowest BCUT2D eigenvalue weighted by atomic mass is 9.95. The van der Waals surface area contributed by atoms with E-state index >= 15 is 0 Å². The SMILES string of the molecule is COC(=O)[C@H](C)N(C(=O)C(CP(=O)(CCCCc1ccccc1)OC)C(C)C)c1ccc(-c2ccccc2)cc1. The first kappa shape index (κ1) is 31.3. The number of carbonyl (C=O) groups is 2. The Kier molecular flexibility index (Phi) is 11.7. The Labute approximate surface area is 239 Å². The van der Waals surface area contributed by atoms with Gasteiger partial charge in [-0.3, -0.25) is 14.3 Å². The molecule has 0 radical (unpaired) electrons. The van der Waals surface area contributed by atoms with Gasteiger partial charge < -0.3 is 9.26 Å². The number of hydrogen-bond donors (Lipinski definition) is 0. The summed E-state index contributed by atoms with van der Waals surface area (Å²) in [6.07, 6.45) is 3.06. The zero-order valence-corrected chi connectivity index (χ0v) is 25.2.